The molecule has 1 N–H and O–H groups in total. The van der Waals surface area contributed by atoms with Crippen molar-refractivity contribution in [2.75, 3.05) is 11.7 Å². The summed E-state index contributed by atoms with van der Waals surface area (Å²) in [5.41, 5.74) is 1.63. The summed E-state index contributed by atoms with van der Waals surface area (Å²) >= 11 is 0. The quantitative estimate of drug-likeness (QED) is 0.450. The molecule has 2 heterocycles. The highest BCUT2D eigenvalue weighted by molar-refractivity contribution is 6.39. The van der Waals surface area contributed by atoms with E-state index < -0.39 is 17.8 Å². The molecule has 3 aromatic carbocycles. The Morgan fingerprint density at radius 1 is 1.00 bits per heavy atom. The molecule has 2 aliphatic heterocycles. The lowest BCUT2D eigenvalue weighted by atomic mass is 10.1. The number of amides is 4. The highest BCUT2D eigenvalue weighted by Gasteiger charge is 2.37. The summed E-state index contributed by atoms with van der Waals surface area (Å²) in [5, 5.41) is 11.5. The van der Waals surface area contributed by atoms with Crippen LogP contribution in [-0.2, 0) is 16.2 Å². The summed E-state index contributed by atoms with van der Waals surface area (Å²) < 4.78 is 16.5. The molecule has 0 spiro atoms. The second-order valence-corrected chi connectivity index (χ2v) is 7.59. The van der Waals surface area contributed by atoms with E-state index in [9.17, 15) is 19.6 Å². The van der Waals surface area contributed by atoms with E-state index in [0.717, 1.165) is 4.90 Å². The number of hydrogen-bond acceptors (Lipinski definition) is 7. The van der Waals surface area contributed by atoms with Gasteiger partial charge in [0, 0.05) is 17.2 Å². The van der Waals surface area contributed by atoms with Crippen molar-refractivity contribution in [3.8, 4) is 23.3 Å². The molecule has 0 saturated carbocycles. The average Bonchev–Trinajstić information content (AvgIpc) is 3.34. The number of imide groups is 2. The van der Waals surface area contributed by atoms with Crippen molar-refractivity contribution in [1.29, 1.82) is 5.26 Å². The number of nitrogens with one attached hydrogen (secondary N) is 1. The van der Waals surface area contributed by atoms with Gasteiger partial charge in [0.15, 0.2) is 11.5 Å². The fraction of sp³-hybridized carbons (Fsp3) is 0.0769. The van der Waals surface area contributed by atoms with E-state index in [2.05, 4.69) is 11.4 Å². The Bertz CT molecular complexity index is 1440. The Labute approximate surface area is 199 Å². The minimum atomic E-state index is -0.867. The molecule has 3 aromatic rings. The minimum Gasteiger partial charge on any atom is -0.488 e. The second kappa shape index (κ2) is 9.03. The zero-order valence-corrected chi connectivity index (χ0v) is 18.2. The van der Waals surface area contributed by atoms with Gasteiger partial charge in [0.2, 0.25) is 6.79 Å². The van der Waals surface area contributed by atoms with Crippen LogP contribution < -0.4 is 24.4 Å². The summed E-state index contributed by atoms with van der Waals surface area (Å²) in [6.07, 6.45) is 1.37. The number of anilines is 1. The van der Waals surface area contributed by atoms with E-state index in [0.29, 0.717) is 33.9 Å². The number of nitriles is 1. The molecule has 9 heteroatoms. The molecule has 1 fully saturated rings. The van der Waals surface area contributed by atoms with Crippen molar-refractivity contribution in [3.63, 3.8) is 0 Å². The minimum absolute atomic E-state index is 0.0399. The third-order valence-corrected chi connectivity index (χ3v) is 5.46. The Balaban J connectivity index is 1.45. The van der Waals surface area contributed by atoms with E-state index >= 15 is 0 Å². The Morgan fingerprint density at radius 2 is 1.77 bits per heavy atom. The molecule has 35 heavy (non-hydrogen) atoms. The predicted octanol–water partition coefficient (Wildman–Crippen LogP) is 3.53. The Hall–Kier alpha value is -5.10. The first-order valence-electron chi connectivity index (χ1n) is 10.6. The zero-order valence-electron chi connectivity index (χ0n) is 18.2. The fourth-order valence-corrected chi connectivity index (χ4v) is 3.71. The van der Waals surface area contributed by atoms with Crippen molar-refractivity contribution in [3.05, 3.63) is 89.0 Å². The predicted molar refractivity (Wildman–Crippen MR) is 123 cm³/mol. The van der Waals surface area contributed by atoms with Gasteiger partial charge in [0.25, 0.3) is 11.8 Å². The lowest BCUT2D eigenvalue weighted by Gasteiger charge is -2.26. The molecule has 1 saturated heterocycles. The van der Waals surface area contributed by atoms with Crippen LogP contribution in [0.1, 0.15) is 16.7 Å². The average molecular weight is 467 g/mol. The summed E-state index contributed by atoms with van der Waals surface area (Å²) in [6, 6.07) is 19.8. The zero-order chi connectivity index (χ0) is 24.4. The number of nitrogens with zero attached hydrogens (tertiary/aromatic N) is 2. The van der Waals surface area contributed by atoms with Gasteiger partial charge in [-0.1, -0.05) is 36.4 Å². The summed E-state index contributed by atoms with van der Waals surface area (Å²) in [7, 11) is 0. The number of benzene rings is 3. The highest BCUT2D eigenvalue weighted by atomic mass is 16.7. The third-order valence-electron chi connectivity index (χ3n) is 5.46. The van der Waals surface area contributed by atoms with Gasteiger partial charge >= 0.3 is 6.03 Å². The summed E-state index contributed by atoms with van der Waals surface area (Å²) in [5.74, 6) is -0.319. The molecule has 0 atom stereocenters. The Morgan fingerprint density at radius 3 is 2.63 bits per heavy atom. The van der Waals surface area contributed by atoms with Gasteiger partial charge in [-0.15, -0.1) is 0 Å². The van der Waals surface area contributed by atoms with Crippen LogP contribution in [0.5, 0.6) is 17.2 Å². The maximum atomic E-state index is 13.3. The molecule has 4 amide bonds. The molecule has 172 valence electrons. The largest absolute Gasteiger partial charge is 0.488 e. The lowest BCUT2D eigenvalue weighted by molar-refractivity contribution is -0.122. The van der Waals surface area contributed by atoms with Crippen molar-refractivity contribution in [2.45, 2.75) is 6.61 Å². The number of fused-ring (bicyclic) bond motifs is 1. The van der Waals surface area contributed by atoms with Crippen molar-refractivity contribution < 1.29 is 28.6 Å². The van der Waals surface area contributed by atoms with Crippen LogP contribution >= 0.6 is 0 Å². The number of para-hydroxylation sites is 1. The number of hydrogen-bond donors (Lipinski definition) is 1. The normalized spacial score (nSPS) is 15.7. The van der Waals surface area contributed by atoms with E-state index in [1.54, 1.807) is 54.6 Å². The molecule has 0 aliphatic carbocycles. The highest BCUT2D eigenvalue weighted by Crippen LogP contribution is 2.36. The number of carbonyl (C=O) groups is 3. The third kappa shape index (κ3) is 4.16. The smallest absolute Gasteiger partial charge is 0.335 e. The number of barbiturate groups is 1. The van der Waals surface area contributed by atoms with Gasteiger partial charge in [-0.2, -0.15) is 5.26 Å². The van der Waals surface area contributed by atoms with E-state index in [-0.39, 0.29) is 24.7 Å². The van der Waals surface area contributed by atoms with Gasteiger partial charge in [-0.3, -0.25) is 14.9 Å². The van der Waals surface area contributed by atoms with E-state index in [1.807, 2.05) is 0 Å². The number of ether oxygens (including phenoxy) is 3. The fourth-order valence-electron chi connectivity index (χ4n) is 3.71. The van der Waals surface area contributed by atoms with Crippen LogP contribution in [0.15, 0.2) is 72.3 Å². The molecular weight excluding hydrogens is 450 g/mol. The van der Waals surface area contributed by atoms with E-state index in [4.69, 9.17) is 14.2 Å². The summed E-state index contributed by atoms with van der Waals surface area (Å²) in [4.78, 5) is 39.2. The molecule has 0 unspecified atom stereocenters. The molecular formula is C26H17N3O6. The van der Waals surface area contributed by atoms with Gasteiger partial charge in [0.1, 0.15) is 17.9 Å². The number of urea groups is 1. The molecule has 9 nitrogen and oxygen atoms in total. The molecule has 0 radical (unpaired) electrons. The first-order chi connectivity index (χ1) is 17.0. The lowest BCUT2D eigenvalue weighted by Crippen LogP contribution is -2.54. The van der Waals surface area contributed by atoms with Gasteiger partial charge < -0.3 is 14.2 Å². The number of rotatable bonds is 5. The van der Waals surface area contributed by atoms with Crippen LogP contribution in [-0.4, -0.2) is 24.6 Å². The number of carbonyl (C=O) groups excluding carboxylic acids is 3. The monoisotopic (exact) mass is 467 g/mol. The first kappa shape index (κ1) is 21.7. The van der Waals surface area contributed by atoms with Crippen molar-refractivity contribution in [1.82, 2.24) is 5.32 Å². The first-order valence-corrected chi connectivity index (χ1v) is 10.6. The second-order valence-electron chi connectivity index (χ2n) is 7.59. The van der Waals surface area contributed by atoms with Gasteiger partial charge in [-0.25, -0.2) is 9.69 Å². The van der Waals surface area contributed by atoms with Crippen LogP contribution in [0.4, 0.5) is 10.5 Å². The molecule has 2 aliphatic rings. The maximum Gasteiger partial charge on any atom is 0.335 e. The molecule has 5 rings (SSSR count). The van der Waals surface area contributed by atoms with Crippen LogP contribution in [0, 0.1) is 11.3 Å². The van der Waals surface area contributed by atoms with Crippen LogP contribution in [0.2, 0.25) is 0 Å². The Kier molecular flexibility index (Phi) is 5.61. The van der Waals surface area contributed by atoms with Crippen LogP contribution in [0.3, 0.4) is 0 Å². The van der Waals surface area contributed by atoms with Gasteiger partial charge in [0.05, 0.1) is 17.3 Å². The van der Waals surface area contributed by atoms with Gasteiger partial charge in [-0.05, 0) is 30.3 Å². The topological polar surface area (TPSA) is 118 Å². The standard InChI is InChI=1S/C26H17N3O6/c27-13-17-6-1-2-7-18(17)14-33-21-8-4-3-5-16(21)11-20-24(30)28-26(32)29(25(20)31)19-9-10-22-23(12-19)35-15-34-22/h1-12H,14-15H2,(H,28,30,32). The van der Waals surface area contributed by atoms with E-state index in [1.165, 1.54) is 18.2 Å². The summed E-state index contributed by atoms with van der Waals surface area (Å²) in [6.45, 7) is 0.157. The molecule has 0 bridgehead atoms. The molecule has 0 aromatic heterocycles. The van der Waals surface area contributed by atoms with Crippen molar-refractivity contribution >= 4 is 29.6 Å². The van der Waals surface area contributed by atoms with Crippen LogP contribution in [0.25, 0.3) is 6.08 Å². The van der Waals surface area contributed by atoms with Crippen molar-refractivity contribution in [2.24, 2.45) is 0 Å². The maximum absolute atomic E-state index is 13.3. The SMILES string of the molecule is N#Cc1ccccc1COc1ccccc1C=C1C(=O)NC(=O)N(c2ccc3c(c2)OCO3)C1=O.